The molecule has 0 N–H and O–H groups in total. The average Bonchev–Trinajstić information content (AvgIpc) is 2.84. The molecule has 0 aliphatic carbocycles. The van der Waals surface area contributed by atoms with Crippen molar-refractivity contribution in [1.29, 1.82) is 0 Å². The number of thioether (sulfide) groups is 1. The van der Waals surface area contributed by atoms with Gasteiger partial charge in [0.2, 0.25) is 5.91 Å². The minimum atomic E-state index is -0.488. The van der Waals surface area contributed by atoms with E-state index in [1.54, 1.807) is 22.8 Å². The van der Waals surface area contributed by atoms with Crippen molar-refractivity contribution >= 4 is 34.5 Å². The molecule has 8 heteroatoms. The van der Waals surface area contributed by atoms with Crippen LogP contribution in [0.4, 0.5) is 0 Å². The summed E-state index contributed by atoms with van der Waals surface area (Å²) in [7, 11) is 1.31. The normalized spacial score (nSPS) is 14.2. The van der Waals surface area contributed by atoms with Gasteiger partial charge in [0.1, 0.15) is 0 Å². The van der Waals surface area contributed by atoms with Crippen LogP contribution < -0.4 is 5.56 Å². The van der Waals surface area contributed by atoms with E-state index in [0.717, 1.165) is 6.42 Å². The molecule has 1 aliphatic heterocycles. The molecule has 1 aliphatic rings. The summed E-state index contributed by atoms with van der Waals surface area (Å²) in [5.74, 6) is -0.248. The maximum atomic E-state index is 13.3. The van der Waals surface area contributed by atoms with Crippen LogP contribution in [0.5, 0.6) is 0 Å². The molecule has 0 radical (unpaired) electrons. The van der Waals surface area contributed by atoms with Crippen molar-refractivity contribution in [3.8, 4) is 0 Å². The first kappa shape index (κ1) is 24.0. The lowest BCUT2D eigenvalue weighted by molar-refractivity contribution is -0.131. The number of aromatic nitrogens is 2. The minimum absolute atomic E-state index is 0.0215. The van der Waals surface area contributed by atoms with Crippen LogP contribution in [0.1, 0.15) is 42.3 Å². The van der Waals surface area contributed by atoms with Gasteiger partial charge in [-0.1, -0.05) is 49.9 Å². The number of fused-ring (bicyclic) bond motifs is 2. The van der Waals surface area contributed by atoms with Gasteiger partial charge in [-0.25, -0.2) is 9.78 Å². The van der Waals surface area contributed by atoms with Crippen molar-refractivity contribution in [3.63, 3.8) is 0 Å². The second kappa shape index (κ2) is 10.0. The molecule has 0 fully saturated rings. The Labute approximate surface area is 203 Å². The molecule has 2 aromatic carbocycles. The maximum Gasteiger partial charge on any atom is 0.337 e. The number of hydrogen-bond donors (Lipinski definition) is 0. The Morgan fingerprint density at radius 3 is 2.56 bits per heavy atom. The zero-order valence-corrected chi connectivity index (χ0v) is 20.7. The highest BCUT2D eigenvalue weighted by molar-refractivity contribution is 8.00. The zero-order chi connectivity index (χ0) is 24.4. The molecule has 0 saturated heterocycles. The molecule has 0 bridgehead atoms. The largest absolute Gasteiger partial charge is 0.465 e. The second-order valence-corrected chi connectivity index (χ2v) is 10.3. The molecule has 1 aromatic heterocycles. The third kappa shape index (κ3) is 4.87. The van der Waals surface area contributed by atoms with Crippen molar-refractivity contribution < 1.29 is 14.3 Å². The van der Waals surface area contributed by atoms with Crippen molar-refractivity contribution in [2.24, 2.45) is 5.92 Å². The Morgan fingerprint density at radius 1 is 1.12 bits per heavy atom. The number of ether oxygens (including phenoxy) is 1. The van der Waals surface area contributed by atoms with Gasteiger partial charge in [0.25, 0.3) is 5.56 Å². The molecule has 1 atom stereocenters. The molecule has 0 saturated carbocycles. The third-order valence-corrected chi connectivity index (χ3v) is 7.04. The van der Waals surface area contributed by atoms with E-state index in [0.29, 0.717) is 41.3 Å². The number of esters is 1. The number of methoxy groups -OCH3 is 1. The predicted molar refractivity (Wildman–Crippen MR) is 133 cm³/mol. The Hall–Kier alpha value is -3.13. The van der Waals surface area contributed by atoms with Crippen molar-refractivity contribution in [2.75, 3.05) is 13.7 Å². The number of hydrogen-bond acceptors (Lipinski definition) is 6. The molecule has 1 unspecified atom stereocenters. The average molecular weight is 480 g/mol. The van der Waals surface area contributed by atoms with Crippen LogP contribution in [0.25, 0.3) is 10.9 Å². The molecule has 3 aromatic rings. The van der Waals surface area contributed by atoms with Crippen LogP contribution in [0, 0.1) is 5.92 Å². The zero-order valence-electron chi connectivity index (χ0n) is 19.9. The number of benzene rings is 2. The van der Waals surface area contributed by atoms with Gasteiger partial charge in [-0.3, -0.25) is 14.2 Å². The Morgan fingerprint density at radius 2 is 1.85 bits per heavy atom. The first-order valence-corrected chi connectivity index (χ1v) is 12.3. The SMILES string of the molecule is COC(=O)c1ccc2c(=O)n(CC(C)C)c(SC(C)C(=O)N3CCc4ccccc4C3)nc2c1. The standard InChI is InChI=1S/C26H29N3O4S/c1-16(2)14-29-24(31)21-10-9-19(25(32)33-4)13-22(21)27-26(29)34-17(3)23(30)28-12-11-18-7-5-6-8-20(18)15-28/h5-10,13,16-17H,11-12,14-15H2,1-4H3. The van der Waals surface area contributed by atoms with E-state index in [1.807, 2.05) is 37.8 Å². The monoisotopic (exact) mass is 479 g/mol. The molecule has 7 nitrogen and oxygen atoms in total. The van der Waals surface area contributed by atoms with Gasteiger partial charge in [-0.05, 0) is 48.6 Å². The van der Waals surface area contributed by atoms with Gasteiger partial charge in [-0.15, -0.1) is 0 Å². The fraction of sp³-hybridized carbons (Fsp3) is 0.385. The summed E-state index contributed by atoms with van der Waals surface area (Å²) in [6.07, 6.45) is 0.835. The third-order valence-electron chi connectivity index (χ3n) is 5.96. The summed E-state index contributed by atoms with van der Waals surface area (Å²) in [5.41, 5.74) is 3.03. The summed E-state index contributed by atoms with van der Waals surface area (Å²) in [6, 6.07) is 13.0. The van der Waals surface area contributed by atoms with Crippen molar-refractivity contribution in [2.45, 2.75) is 50.7 Å². The summed E-state index contributed by atoms with van der Waals surface area (Å²) in [4.78, 5) is 45.2. The first-order valence-electron chi connectivity index (χ1n) is 11.4. The van der Waals surface area contributed by atoms with Crippen LogP contribution in [0.2, 0.25) is 0 Å². The second-order valence-electron chi connectivity index (χ2n) is 8.97. The first-order chi connectivity index (χ1) is 16.3. The van der Waals surface area contributed by atoms with Gasteiger partial charge in [-0.2, -0.15) is 0 Å². The number of amides is 1. The lowest BCUT2D eigenvalue weighted by Crippen LogP contribution is -2.40. The van der Waals surface area contributed by atoms with E-state index >= 15 is 0 Å². The highest BCUT2D eigenvalue weighted by Crippen LogP contribution is 2.27. The number of carbonyl (C=O) groups excluding carboxylic acids is 2. The summed E-state index contributed by atoms with van der Waals surface area (Å²) in [5, 5.41) is 0.493. The molecular weight excluding hydrogens is 450 g/mol. The number of nitrogens with zero attached hydrogens (tertiary/aromatic N) is 3. The Bertz CT molecular complexity index is 1300. The van der Waals surface area contributed by atoms with E-state index < -0.39 is 11.2 Å². The summed E-state index contributed by atoms with van der Waals surface area (Å²) < 4.78 is 6.45. The highest BCUT2D eigenvalue weighted by atomic mass is 32.2. The Kier molecular flexibility index (Phi) is 7.07. The lowest BCUT2D eigenvalue weighted by Gasteiger charge is -2.31. The van der Waals surface area contributed by atoms with E-state index in [-0.39, 0.29) is 17.4 Å². The topological polar surface area (TPSA) is 81.5 Å². The van der Waals surface area contributed by atoms with Crippen molar-refractivity contribution in [1.82, 2.24) is 14.5 Å². The van der Waals surface area contributed by atoms with Gasteiger partial charge in [0.05, 0.1) is 28.8 Å². The van der Waals surface area contributed by atoms with Crippen LogP contribution in [-0.2, 0) is 29.0 Å². The van der Waals surface area contributed by atoms with E-state index in [2.05, 4.69) is 12.1 Å². The summed E-state index contributed by atoms with van der Waals surface area (Å²) in [6.45, 7) is 7.67. The molecule has 178 valence electrons. The smallest absolute Gasteiger partial charge is 0.337 e. The van der Waals surface area contributed by atoms with E-state index in [9.17, 15) is 14.4 Å². The highest BCUT2D eigenvalue weighted by Gasteiger charge is 2.27. The number of carbonyl (C=O) groups is 2. The van der Waals surface area contributed by atoms with Gasteiger partial charge in [0, 0.05) is 19.6 Å². The van der Waals surface area contributed by atoms with Gasteiger partial charge in [0.15, 0.2) is 5.16 Å². The summed E-state index contributed by atoms with van der Waals surface area (Å²) >= 11 is 1.29. The van der Waals surface area contributed by atoms with Crippen LogP contribution in [0.15, 0.2) is 52.4 Å². The van der Waals surface area contributed by atoms with Crippen LogP contribution in [0.3, 0.4) is 0 Å². The predicted octanol–water partition coefficient (Wildman–Crippen LogP) is 3.90. The quantitative estimate of drug-likeness (QED) is 0.303. The molecule has 2 heterocycles. The van der Waals surface area contributed by atoms with E-state index in [1.165, 1.54) is 30.0 Å². The lowest BCUT2D eigenvalue weighted by atomic mass is 10.00. The number of rotatable bonds is 6. The van der Waals surface area contributed by atoms with Crippen LogP contribution >= 0.6 is 11.8 Å². The minimum Gasteiger partial charge on any atom is -0.465 e. The Balaban J connectivity index is 1.65. The molecule has 0 spiro atoms. The molecule has 34 heavy (non-hydrogen) atoms. The molecule has 1 amide bonds. The maximum absolute atomic E-state index is 13.3. The van der Waals surface area contributed by atoms with Crippen molar-refractivity contribution in [3.05, 3.63) is 69.5 Å². The fourth-order valence-corrected chi connectivity index (χ4v) is 5.21. The fourth-order valence-electron chi connectivity index (χ4n) is 4.21. The molecule has 4 rings (SSSR count). The van der Waals surface area contributed by atoms with Crippen LogP contribution in [-0.4, -0.2) is 45.2 Å². The van der Waals surface area contributed by atoms with E-state index in [4.69, 9.17) is 9.72 Å². The van der Waals surface area contributed by atoms with Gasteiger partial charge >= 0.3 is 5.97 Å². The van der Waals surface area contributed by atoms with Gasteiger partial charge < -0.3 is 9.64 Å². The molecular formula is C26H29N3O4S.